The quantitative estimate of drug-likeness (QED) is 0.834. The van der Waals surface area contributed by atoms with Crippen LogP contribution in [0, 0.1) is 6.92 Å². The Labute approximate surface area is 111 Å². The lowest BCUT2D eigenvalue weighted by molar-refractivity contribution is -0.685. The van der Waals surface area contributed by atoms with Crippen molar-refractivity contribution in [1.29, 1.82) is 0 Å². The number of ether oxygens (including phenoxy) is 1. The molecule has 0 fully saturated rings. The van der Waals surface area contributed by atoms with Crippen LogP contribution in [0.25, 0.3) is 0 Å². The Kier molecular flexibility index (Phi) is 4.13. The van der Waals surface area contributed by atoms with Gasteiger partial charge in [-0.25, -0.2) is 4.79 Å². The topological polar surface area (TPSA) is 50.4 Å². The Morgan fingerprint density at radius 3 is 2.37 bits per heavy atom. The highest BCUT2D eigenvalue weighted by Crippen LogP contribution is 2.10. The Hall–Kier alpha value is -2.36. The van der Waals surface area contributed by atoms with E-state index in [-0.39, 0.29) is 6.54 Å². The zero-order valence-corrected chi connectivity index (χ0v) is 10.7. The minimum atomic E-state index is -0.863. The molecule has 0 unspecified atom stereocenters. The first-order chi connectivity index (χ1) is 9.13. The van der Waals surface area contributed by atoms with Crippen LogP contribution in [0.4, 0.5) is 0 Å². The maximum absolute atomic E-state index is 10.5. The van der Waals surface area contributed by atoms with Gasteiger partial charge in [0, 0.05) is 12.1 Å². The van der Waals surface area contributed by atoms with Gasteiger partial charge in [0.2, 0.25) is 6.54 Å². The molecule has 2 aromatic rings. The van der Waals surface area contributed by atoms with Crippen LogP contribution < -0.4 is 9.30 Å². The number of aromatic nitrogens is 1. The predicted molar refractivity (Wildman–Crippen MR) is 69.8 cm³/mol. The van der Waals surface area contributed by atoms with Crippen LogP contribution in [0.5, 0.6) is 5.75 Å². The summed E-state index contributed by atoms with van der Waals surface area (Å²) in [5.74, 6) is -0.138. The Morgan fingerprint density at radius 2 is 1.79 bits per heavy atom. The predicted octanol–water partition coefficient (Wildman–Crippen LogP) is 1.95. The number of nitrogens with zero attached hydrogens (tertiary/aromatic N) is 1. The molecule has 0 aliphatic carbocycles. The summed E-state index contributed by atoms with van der Waals surface area (Å²) in [4.78, 5) is 10.5. The second-order valence-electron chi connectivity index (χ2n) is 4.37. The number of pyridine rings is 1. The molecule has 4 nitrogen and oxygen atoms in total. The van der Waals surface area contributed by atoms with Crippen molar-refractivity contribution in [3.05, 3.63) is 59.9 Å². The second kappa shape index (κ2) is 6.00. The minimum absolute atomic E-state index is 0.0434. The van der Waals surface area contributed by atoms with Crippen LogP contribution in [0.15, 0.2) is 48.8 Å². The van der Waals surface area contributed by atoms with E-state index in [1.807, 2.05) is 31.2 Å². The van der Waals surface area contributed by atoms with Crippen molar-refractivity contribution in [1.82, 2.24) is 0 Å². The van der Waals surface area contributed by atoms with Crippen molar-refractivity contribution >= 4 is 5.97 Å². The fourth-order valence-corrected chi connectivity index (χ4v) is 1.65. The summed E-state index contributed by atoms with van der Waals surface area (Å²) < 4.78 is 7.22. The molecule has 19 heavy (non-hydrogen) atoms. The van der Waals surface area contributed by atoms with Crippen molar-refractivity contribution in [2.45, 2.75) is 20.1 Å². The van der Waals surface area contributed by atoms with Crippen molar-refractivity contribution < 1.29 is 19.2 Å². The van der Waals surface area contributed by atoms with Crippen LogP contribution in [0.1, 0.15) is 11.1 Å². The maximum Gasteiger partial charge on any atom is 0.370 e. The molecular formula is C15H16NO3+. The molecule has 0 atom stereocenters. The number of hydrogen-bond acceptors (Lipinski definition) is 2. The molecule has 2 rings (SSSR count). The number of carboxylic acid groups (broad SMARTS) is 1. The smallest absolute Gasteiger partial charge is 0.370 e. The molecule has 0 radical (unpaired) electrons. The molecule has 0 saturated heterocycles. The molecule has 1 heterocycles. The van der Waals surface area contributed by atoms with Gasteiger partial charge in [-0.15, -0.1) is 0 Å². The number of aliphatic carboxylic acids is 1. The molecule has 1 aromatic heterocycles. The number of hydrogen-bond donors (Lipinski definition) is 1. The van der Waals surface area contributed by atoms with Crippen molar-refractivity contribution in [3.8, 4) is 5.75 Å². The highest BCUT2D eigenvalue weighted by Gasteiger charge is 2.06. The number of rotatable bonds is 5. The van der Waals surface area contributed by atoms with Gasteiger partial charge in [0.25, 0.3) is 0 Å². The number of aryl methyl sites for hydroxylation is 1. The van der Waals surface area contributed by atoms with Crippen LogP contribution in [0.3, 0.4) is 0 Å². The number of carboxylic acids is 1. The molecule has 0 aliphatic heterocycles. The minimum Gasteiger partial charge on any atom is -0.488 e. The Bertz CT molecular complexity index is 547. The van der Waals surface area contributed by atoms with E-state index in [4.69, 9.17) is 9.84 Å². The highest BCUT2D eigenvalue weighted by atomic mass is 16.5. The van der Waals surface area contributed by atoms with Crippen molar-refractivity contribution in [3.63, 3.8) is 0 Å². The molecule has 4 heteroatoms. The second-order valence-corrected chi connectivity index (χ2v) is 4.37. The molecule has 1 N–H and O–H groups in total. The van der Waals surface area contributed by atoms with Crippen molar-refractivity contribution in [2.75, 3.05) is 0 Å². The third-order valence-corrected chi connectivity index (χ3v) is 2.70. The SMILES string of the molecule is Cc1ccc(COc2cc[n+](CC(=O)O)cc2)cc1. The normalized spacial score (nSPS) is 10.2. The lowest BCUT2D eigenvalue weighted by atomic mass is 10.2. The zero-order chi connectivity index (χ0) is 13.7. The van der Waals surface area contributed by atoms with E-state index in [0.717, 1.165) is 11.3 Å². The van der Waals surface area contributed by atoms with Crippen molar-refractivity contribution in [2.24, 2.45) is 0 Å². The Morgan fingerprint density at radius 1 is 1.16 bits per heavy atom. The first-order valence-electron chi connectivity index (χ1n) is 6.03. The van der Waals surface area contributed by atoms with Gasteiger partial charge in [-0.05, 0) is 12.5 Å². The zero-order valence-electron chi connectivity index (χ0n) is 10.7. The lowest BCUT2D eigenvalue weighted by Gasteiger charge is -2.05. The number of benzene rings is 1. The molecule has 0 aliphatic rings. The summed E-state index contributed by atoms with van der Waals surface area (Å²) >= 11 is 0. The molecule has 0 spiro atoms. The van der Waals surface area contributed by atoms with Crippen LogP contribution in [-0.4, -0.2) is 11.1 Å². The van der Waals surface area contributed by atoms with E-state index in [1.165, 1.54) is 5.56 Å². The molecule has 0 saturated carbocycles. The average molecular weight is 258 g/mol. The standard InChI is InChI=1S/C15H15NO3/c1-12-2-4-13(5-3-12)11-19-14-6-8-16(9-7-14)10-15(17)18/h2-9H,10-11H2,1H3/p+1. The summed E-state index contributed by atoms with van der Waals surface area (Å²) in [6.45, 7) is 2.50. The van der Waals surface area contributed by atoms with Gasteiger partial charge in [0.05, 0.1) is 0 Å². The van der Waals surface area contributed by atoms with Gasteiger partial charge in [-0.2, -0.15) is 4.57 Å². The molecule has 0 bridgehead atoms. The first-order valence-corrected chi connectivity index (χ1v) is 6.03. The van der Waals surface area contributed by atoms with Gasteiger partial charge in [-0.1, -0.05) is 29.8 Å². The van der Waals surface area contributed by atoms with E-state index in [2.05, 4.69) is 0 Å². The first kappa shape index (κ1) is 13.1. The van der Waals surface area contributed by atoms with E-state index in [9.17, 15) is 4.79 Å². The fourth-order valence-electron chi connectivity index (χ4n) is 1.65. The number of carbonyl (C=O) groups is 1. The summed E-state index contributed by atoms with van der Waals surface area (Å²) in [6, 6.07) is 11.7. The van der Waals surface area contributed by atoms with Gasteiger partial charge in [0.15, 0.2) is 12.4 Å². The van der Waals surface area contributed by atoms with Crippen LogP contribution in [0.2, 0.25) is 0 Å². The van der Waals surface area contributed by atoms with Gasteiger partial charge < -0.3 is 9.84 Å². The lowest BCUT2D eigenvalue weighted by Crippen LogP contribution is -2.36. The van der Waals surface area contributed by atoms with E-state index in [0.29, 0.717) is 6.61 Å². The summed E-state index contributed by atoms with van der Waals surface area (Å²) in [6.07, 6.45) is 3.39. The van der Waals surface area contributed by atoms with Gasteiger partial charge in [0.1, 0.15) is 12.4 Å². The molecule has 1 aromatic carbocycles. The summed E-state index contributed by atoms with van der Waals surface area (Å²) in [5, 5.41) is 8.66. The van der Waals surface area contributed by atoms with E-state index < -0.39 is 5.97 Å². The summed E-state index contributed by atoms with van der Waals surface area (Å²) in [7, 11) is 0. The molecular weight excluding hydrogens is 242 g/mol. The van der Waals surface area contributed by atoms with Gasteiger partial charge in [-0.3, -0.25) is 0 Å². The fraction of sp³-hybridized carbons (Fsp3) is 0.200. The Balaban J connectivity index is 1.92. The molecule has 98 valence electrons. The highest BCUT2D eigenvalue weighted by molar-refractivity contribution is 5.64. The van der Waals surface area contributed by atoms with Crippen LogP contribution >= 0.6 is 0 Å². The van der Waals surface area contributed by atoms with E-state index >= 15 is 0 Å². The molecule has 0 amide bonds. The average Bonchev–Trinajstić information content (AvgIpc) is 2.39. The van der Waals surface area contributed by atoms with E-state index in [1.54, 1.807) is 29.1 Å². The van der Waals surface area contributed by atoms with Gasteiger partial charge >= 0.3 is 5.97 Å². The third kappa shape index (κ3) is 4.10. The maximum atomic E-state index is 10.5. The monoisotopic (exact) mass is 258 g/mol. The summed E-state index contributed by atoms with van der Waals surface area (Å²) in [5.41, 5.74) is 2.33. The third-order valence-electron chi connectivity index (χ3n) is 2.70. The van der Waals surface area contributed by atoms with Crippen LogP contribution in [-0.2, 0) is 17.9 Å². The largest absolute Gasteiger partial charge is 0.488 e.